The van der Waals surface area contributed by atoms with Crippen LogP contribution in [0.1, 0.15) is 0 Å². The topological polar surface area (TPSA) is 90.9 Å². The Labute approximate surface area is 164 Å². The number of benzene rings is 1. The number of carbonyl (C=O) groups excluding carboxylic acids is 2. The Balaban J connectivity index is 0.00000338. The fraction of sp³-hybridized carbons (Fsp3) is 0.500. The maximum atomic E-state index is 12.4. The van der Waals surface area contributed by atoms with E-state index in [4.69, 9.17) is 11.6 Å². The van der Waals surface area contributed by atoms with Crippen molar-refractivity contribution in [3.8, 4) is 5.75 Å². The molecule has 0 radical (unpaired) electrons. The lowest BCUT2D eigenvalue weighted by Gasteiger charge is -2.40. The second kappa shape index (κ2) is 9.27. The zero-order chi connectivity index (χ0) is 18.6. The number of hydrogen-bond donors (Lipinski definition) is 3. The summed E-state index contributed by atoms with van der Waals surface area (Å²) in [7, 11) is 5.33. The van der Waals surface area contributed by atoms with Crippen LogP contribution >= 0.6 is 11.6 Å². The number of nitrogens with one attached hydrogen (secondary N) is 2. The van der Waals surface area contributed by atoms with Gasteiger partial charge in [0.05, 0.1) is 43.6 Å². The fourth-order valence-electron chi connectivity index (χ4n) is 2.66. The standard InChI is InChI=1S/C16H23ClN4O4.ClH/c1-20-4-6-21(2,7-5-20)10-15(23)18-12-9-14(22)13(8-11(12)17)19-16(24)25-3;/h8-9H,4-7,10H2,1-3H3,(H2-,18,19,22,23,24);1H. The number of anilines is 2. The Hall–Kier alpha value is -1.74. The van der Waals surface area contributed by atoms with Gasteiger partial charge in [-0.3, -0.25) is 15.0 Å². The summed E-state index contributed by atoms with van der Waals surface area (Å²) in [6, 6.07) is 2.66. The van der Waals surface area contributed by atoms with Crippen molar-refractivity contribution < 1.29 is 36.3 Å². The van der Waals surface area contributed by atoms with Crippen molar-refractivity contribution in [1.82, 2.24) is 4.90 Å². The van der Waals surface area contributed by atoms with Crippen molar-refractivity contribution >= 4 is 35.0 Å². The van der Waals surface area contributed by atoms with Crippen LogP contribution in [0, 0.1) is 0 Å². The van der Waals surface area contributed by atoms with Crippen molar-refractivity contribution in [2.24, 2.45) is 0 Å². The van der Waals surface area contributed by atoms with Crippen molar-refractivity contribution in [3.05, 3.63) is 17.2 Å². The molecular weight excluding hydrogens is 383 g/mol. The summed E-state index contributed by atoms with van der Waals surface area (Å²) < 4.78 is 5.12. The van der Waals surface area contributed by atoms with Gasteiger partial charge in [0.15, 0.2) is 6.54 Å². The van der Waals surface area contributed by atoms with E-state index in [-0.39, 0.29) is 34.8 Å². The molecule has 26 heavy (non-hydrogen) atoms. The molecule has 10 heteroatoms. The van der Waals surface area contributed by atoms with Crippen LogP contribution in [0.2, 0.25) is 5.02 Å². The zero-order valence-electron chi connectivity index (χ0n) is 15.0. The lowest BCUT2D eigenvalue weighted by Crippen LogP contribution is -3.00. The van der Waals surface area contributed by atoms with Crippen LogP contribution in [0.5, 0.6) is 5.75 Å². The van der Waals surface area contributed by atoms with E-state index in [2.05, 4.69) is 34.4 Å². The third kappa shape index (κ3) is 5.91. The number of nitrogens with zero attached hydrogens (tertiary/aromatic N) is 2. The predicted octanol–water partition coefficient (Wildman–Crippen LogP) is -1.44. The van der Waals surface area contributed by atoms with Gasteiger partial charge in [0, 0.05) is 19.2 Å². The molecule has 2 amide bonds. The molecule has 3 N–H and O–H groups in total. The molecule has 1 aliphatic heterocycles. The minimum Gasteiger partial charge on any atom is -1.00 e. The van der Waals surface area contributed by atoms with Crippen LogP contribution in [-0.4, -0.2) is 80.4 Å². The molecule has 8 nitrogen and oxygen atoms in total. The second-order valence-corrected chi connectivity index (χ2v) is 6.95. The third-order valence-corrected chi connectivity index (χ3v) is 4.66. The van der Waals surface area contributed by atoms with Gasteiger partial charge in [0.1, 0.15) is 5.75 Å². The first-order chi connectivity index (χ1) is 11.7. The summed E-state index contributed by atoms with van der Waals surface area (Å²) >= 11 is 6.14. The number of halogens is 2. The summed E-state index contributed by atoms with van der Waals surface area (Å²) in [5.74, 6) is -0.396. The second-order valence-electron chi connectivity index (χ2n) is 6.54. The highest BCUT2D eigenvalue weighted by atomic mass is 35.5. The van der Waals surface area contributed by atoms with Gasteiger partial charge in [0.25, 0.3) is 5.91 Å². The quantitative estimate of drug-likeness (QED) is 0.420. The molecule has 0 atom stereocenters. The van der Waals surface area contributed by atoms with Gasteiger partial charge in [-0.15, -0.1) is 0 Å². The number of hydrogen-bond acceptors (Lipinski definition) is 5. The van der Waals surface area contributed by atoms with Gasteiger partial charge in [-0.2, -0.15) is 0 Å². The number of phenolic OH excluding ortho intramolecular Hbond substituents is 1. The lowest BCUT2D eigenvalue weighted by molar-refractivity contribution is -0.905. The summed E-state index contributed by atoms with van der Waals surface area (Å²) in [5.41, 5.74) is 0.396. The van der Waals surface area contributed by atoms with Crippen molar-refractivity contribution in [2.75, 3.05) is 64.6 Å². The van der Waals surface area contributed by atoms with Crippen molar-refractivity contribution in [1.29, 1.82) is 0 Å². The zero-order valence-corrected chi connectivity index (χ0v) is 16.5. The van der Waals surface area contributed by atoms with Crippen LogP contribution in [0.15, 0.2) is 12.1 Å². The van der Waals surface area contributed by atoms with Gasteiger partial charge in [-0.1, -0.05) is 11.6 Å². The highest BCUT2D eigenvalue weighted by Crippen LogP contribution is 2.34. The molecule has 0 bridgehead atoms. The number of rotatable bonds is 4. The SMILES string of the molecule is COC(=O)Nc1cc(Cl)c(NC(=O)C[N+]2(C)CCN(C)CC2)cc1O.[Cl-]. The summed E-state index contributed by atoms with van der Waals surface area (Å²) in [5, 5.41) is 15.3. The molecule has 0 spiro atoms. The molecule has 1 aliphatic rings. The summed E-state index contributed by atoms with van der Waals surface area (Å²) in [6.45, 7) is 4.00. The molecule has 1 fully saturated rings. The van der Waals surface area contributed by atoms with Gasteiger partial charge >= 0.3 is 6.09 Å². The normalized spacial score (nSPS) is 16.3. The molecule has 2 rings (SSSR count). The minimum absolute atomic E-state index is 0. The lowest BCUT2D eigenvalue weighted by atomic mass is 10.2. The monoisotopic (exact) mass is 406 g/mol. The molecular formula is C16H24Cl2N4O4. The maximum absolute atomic E-state index is 12.4. The molecule has 1 aromatic rings. The largest absolute Gasteiger partial charge is 1.00 e. The smallest absolute Gasteiger partial charge is 0.411 e. The first kappa shape index (κ1) is 22.3. The number of ether oxygens (including phenoxy) is 1. The molecule has 0 aromatic heterocycles. The third-order valence-electron chi connectivity index (χ3n) is 4.35. The van der Waals surface area contributed by atoms with Gasteiger partial charge in [-0.25, -0.2) is 4.79 Å². The molecule has 1 saturated heterocycles. The first-order valence-electron chi connectivity index (χ1n) is 7.92. The molecule has 0 aliphatic carbocycles. The van der Waals surface area contributed by atoms with Crippen LogP contribution < -0.4 is 23.0 Å². The highest BCUT2D eigenvalue weighted by Gasteiger charge is 2.30. The Morgan fingerprint density at radius 1 is 1.27 bits per heavy atom. The minimum atomic E-state index is -0.726. The van der Waals surface area contributed by atoms with Crippen LogP contribution in [0.25, 0.3) is 0 Å². The molecule has 1 aromatic carbocycles. The summed E-state index contributed by atoms with van der Waals surface area (Å²) in [4.78, 5) is 25.8. The van der Waals surface area contributed by atoms with E-state index in [1.807, 2.05) is 0 Å². The van der Waals surface area contributed by atoms with E-state index in [9.17, 15) is 14.7 Å². The Morgan fingerprint density at radius 3 is 2.46 bits per heavy atom. The van der Waals surface area contributed by atoms with Gasteiger partial charge in [0.2, 0.25) is 0 Å². The van der Waals surface area contributed by atoms with Crippen molar-refractivity contribution in [2.45, 2.75) is 0 Å². The van der Waals surface area contributed by atoms with E-state index < -0.39 is 6.09 Å². The Morgan fingerprint density at radius 2 is 1.88 bits per heavy atom. The number of aromatic hydroxyl groups is 1. The average Bonchev–Trinajstić information content (AvgIpc) is 2.55. The molecule has 0 saturated carbocycles. The fourth-order valence-corrected chi connectivity index (χ4v) is 2.87. The van der Waals surface area contributed by atoms with E-state index in [1.165, 1.54) is 19.2 Å². The Kier molecular flexibility index (Phi) is 7.95. The molecule has 0 unspecified atom stereocenters. The van der Waals surface area contributed by atoms with Crippen molar-refractivity contribution in [3.63, 3.8) is 0 Å². The van der Waals surface area contributed by atoms with E-state index in [0.717, 1.165) is 26.2 Å². The summed E-state index contributed by atoms with van der Waals surface area (Å²) in [6.07, 6.45) is -0.726. The van der Waals surface area contributed by atoms with Gasteiger partial charge in [-0.05, 0) is 13.1 Å². The average molecular weight is 407 g/mol. The first-order valence-corrected chi connectivity index (χ1v) is 8.29. The molecule has 1 heterocycles. The number of methoxy groups -OCH3 is 1. The number of quaternary nitrogens is 1. The van der Waals surface area contributed by atoms with E-state index >= 15 is 0 Å². The van der Waals surface area contributed by atoms with Crippen LogP contribution in [0.3, 0.4) is 0 Å². The van der Waals surface area contributed by atoms with E-state index in [0.29, 0.717) is 16.7 Å². The van der Waals surface area contributed by atoms with Crippen LogP contribution in [-0.2, 0) is 9.53 Å². The van der Waals surface area contributed by atoms with Crippen LogP contribution in [0.4, 0.5) is 16.2 Å². The molecule has 146 valence electrons. The number of piperazine rings is 1. The highest BCUT2D eigenvalue weighted by molar-refractivity contribution is 6.34. The number of phenols is 1. The number of amides is 2. The van der Waals surface area contributed by atoms with E-state index in [1.54, 1.807) is 0 Å². The number of carbonyl (C=O) groups is 2. The predicted molar refractivity (Wildman–Crippen MR) is 96.1 cm³/mol. The van der Waals surface area contributed by atoms with Gasteiger partial charge < -0.3 is 32.1 Å². The Bertz CT molecular complexity index is 664. The number of likely N-dealkylation sites (N-methyl/N-ethyl adjacent to an activating group) is 2. The maximum Gasteiger partial charge on any atom is 0.411 e.